The molecule has 1 aliphatic heterocycles. The van der Waals surface area contributed by atoms with Crippen molar-refractivity contribution in [1.82, 2.24) is 9.88 Å². The van der Waals surface area contributed by atoms with Crippen LogP contribution in [0.2, 0.25) is 0 Å². The van der Waals surface area contributed by atoms with Crippen molar-refractivity contribution in [1.29, 1.82) is 0 Å². The summed E-state index contributed by atoms with van der Waals surface area (Å²) < 4.78 is 20.6. The largest absolute Gasteiger partial charge is 0.492 e. The fourth-order valence-electron chi connectivity index (χ4n) is 4.17. The van der Waals surface area contributed by atoms with E-state index in [-0.39, 0.29) is 17.2 Å². The average Bonchev–Trinajstić information content (AvgIpc) is 2.80. The van der Waals surface area contributed by atoms with E-state index in [9.17, 15) is 14.0 Å². The van der Waals surface area contributed by atoms with Crippen LogP contribution < -0.4 is 20.7 Å². The Balaban J connectivity index is 1.84. The fraction of sp³-hybridized carbons (Fsp3) is 0.320. The van der Waals surface area contributed by atoms with Crippen LogP contribution in [-0.4, -0.2) is 54.5 Å². The highest BCUT2D eigenvalue weighted by atomic mass is 19.1. The molecule has 9 heteroatoms. The minimum atomic E-state index is -0.671. The smallest absolute Gasteiger partial charge is 0.252 e. The number of aromatic nitrogens is 1. The second-order valence-corrected chi connectivity index (χ2v) is 8.28. The molecule has 0 unspecified atom stereocenters. The molecule has 0 saturated carbocycles. The van der Waals surface area contributed by atoms with Gasteiger partial charge in [0.25, 0.3) is 5.91 Å². The van der Waals surface area contributed by atoms with Gasteiger partial charge in [-0.15, -0.1) is 0 Å². The number of nitrogens with two attached hydrogens (primary N) is 1. The molecule has 0 bridgehead atoms. The summed E-state index contributed by atoms with van der Waals surface area (Å²) in [6.45, 7) is 8.18. The number of hydrogen-bond acceptors (Lipinski definition) is 6. The molecule has 34 heavy (non-hydrogen) atoms. The van der Waals surface area contributed by atoms with Gasteiger partial charge in [-0.3, -0.25) is 14.6 Å². The first kappa shape index (κ1) is 23.3. The number of nitrogens with one attached hydrogen (secondary N) is 1. The van der Waals surface area contributed by atoms with Crippen LogP contribution in [0.15, 0.2) is 36.5 Å². The summed E-state index contributed by atoms with van der Waals surface area (Å²) >= 11 is 0. The van der Waals surface area contributed by atoms with E-state index in [0.29, 0.717) is 55.1 Å². The zero-order valence-electron chi connectivity index (χ0n) is 19.5. The number of nitrogens with zero attached hydrogens (tertiary/aromatic N) is 3. The summed E-state index contributed by atoms with van der Waals surface area (Å²) in [5.74, 6) is -0.412. The number of piperazine rings is 1. The molecule has 4 rings (SSSR count). The molecule has 3 aromatic rings. The number of benzene rings is 2. The number of pyridine rings is 1. The quantitative estimate of drug-likeness (QED) is 0.577. The van der Waals surface area contributed by atoms with Crippen molar-refractivity contribution >= 4 is 39.8 Å². The molecule has 1 aromatic heterocycles. The highest BCUT2D eigenvalue weighted by Crippen LogP contribution is 2.38. The minimum Gasteiger partial charge on any atom is -0.492 e. The van der Waals surface area contributed by atoms with Crippen LogP contribution in [0.25, 0.3) is 10.9 Å². The van der Waals surface area contributed by atoms with Crippen molar-refractivity contribution in [2.24, 2.45) is 5.73 Å². The van der Waals surface area contributed by atoms with Crippen molar-refractivity contribution in [2.45, 2.75) is 20.8 Å². The zero-order valence-corrected chi connectivity index (χ0v) is 19.5. The SMILES string of the molecule is CCOc1cc2ncc(C(N)=O)c(Nc3ccc(C)cc3F)c2cc1N1CCN(C(C)=O)CC1. The van der Waals surface area contributed by atoms with Gasteiger partial charge >= 0.3 is 0 Å². The lowest BCUT2D eigenvalue weighted by atomic mass is 10.1. The lowest BCUT2D eigenvalue weighted by Gasteiger charge is -2.36. The number of anilines is 3. The number of rotatable bonds is 6. The van der Waals surface area contributed by atoms with Gasteiger partial charge in [0.1, 0.15) is 11.6 Å². The summed E-state index contributed by atoms with van der Waals surface area (Å²) in [4.78, 5) is 32.3. The van der Waals surface area contributed by atoms with Gasteiger partial charge in [-0.2, -0.15) is 0 Å². The van der Waals surface area contributed by atoms with Crippen LogP contribution in [0, 0.1) is 12.7 Å². The molecule has 0 aliphatic carbocycles. The average molecular weight is 466 g/mol. The third-order valence-electron chi connectivity index (χ3n) is 5.96. The van der Waals surface area contributed by atoms with Gasteiger partial charge < -0.3 is 25.6 Å². The van der Waals surface area contributed by atoms with Gasteiger partial charge in [0, 0.05) is 50.8 Å². The fourth-order valence-corrected chi connectivity index (χ4v) is 4.17. The van der Waals surface area contributed by atoms with Gasteiger partial charge in [-0.1, -0.05) is 6.07 Å². The van der Waals surface area contributed by atoms with Crippen LogP contribution in [0.3, 0.4) is 0 Å². The maximum atomic E-state index is 14.7. The number of halogens is 1. The van der Waals surface area contributed by atoms with Gasteiger partial charge in [0.05, 0.1) is 34.7 Å². The van der Waals surface area contributed by atoms with E-state index in [1.165, 1.54) is 12.3 Å². The Morgan fingerprint density at radius 3 is 2.53 bits per heavy atom. The topological polar surface area (TPSA) is 101 Å². The number of aryl methyl sites for hydroxylation is 1. The van der Waals surface area contributed by atoms with Crippen LogP contribution >= 0.6 is 0 Å². The number of primary amides is 1. The first-order chi connectivity index (χ1) is 16.3. The highest BCUT2D eigenvalue weighted by Gasteiger charge is 2.24. The van der Waals surface area contributed by atoms with Crippen LogP contribution in [0.4, 0.5) is 21.5 Å². The third-order valence-corrected chi connectivity index (χ3v) is 5.96. The van der Waals surface area contributed by atoms with E-state index in [2.05, 4.69) is 15.2 Å². The van der Waals surface area contributed by atoms with Crippen LogP contribution in [0.5, 0.6) is 5.75 Å². The maximum Gasteiger partial charge on any atom is 0.252 e. The molecule has 0 radical (unpaired) electrons. The Morgan fingerprint density at radius 1 is 1.18 bits per heavy atom. The van der Waals surface area contributed by atoms with Crippen molar-refractivity contribution in [3.05, 3.63) is 53.5 Å². The molecule has 1 fully saturated rings. The number of ether oxygens (including phenoxy) is 1. The summed E-state index contributed by atoms with van der Waals surface area (Å²) in [6, 6.07) is 8.53. The molecular formula is C25H28FN5O3. The third kappa shape index (κ3) is 4.59. The first-order valence-electron chi connectivity index (χ1n) is 11.2. The number of carbonyl (C=O) groups is 2. The van der Waals surface area contributed by atoms with Crippen molar-refractivity contribution < 1.29 is 18.7 Å². The molecule has 2 amide bonds. The summed E-state index contributed by atoms with van der Waals surface area (Å²) in [5, 5.41) is 3.68. The molecule has 178 valence electrons. The van der Waals surface area contributed by atoms with Crippen molar-refractivity contribution in [3.8, 4) is 5.75 Å². The minimum absolute atomic E-state index is 0.0464. The summed E-state index contributed by atoms with van der Waals surface area (Å²) in [7, 11) is 0. The lowest BCUT2D eigenvalue weighted by molar-refractivity contribution is -0.129. The Kier molecular flexibility index (Phi) is 6.54. The highest BCUT2D eigenvalue weighted by molar-refractivity contribution is 6.08. The van der Waals surface area contributed by atoms with Gasteiger partial charge in [-0.25, -0.2) is 4.39 Å². The van der Waals surface area contributed by atoms with Crippen molar-refractivity contribution in [2.75, 3.05) is 43.0 Å². The number of hydrogen-bond donors (Lipinski definition) is 2. The Bertz CT molecular complexity index is 1260. The molecule has 2 aromatic carbocycles. The van der Waals surface area contributed by atoms with Crippen LogP contribution in [-0.2, 0) is 4.79 Å². The molecule has 2 heterocycles. The number of carbonyl (C=O) groups excluding carboxylic acids is 2. The molecular weight excluding hydrogens is 437 g/mol. The summed E-state index contributed by atoms with van der Waals surface area (Å²) in [5.41, 5.74) is 8.58. The van der Waals surface area contributed by atoms with E-state index in [4.69, 9.17) is 10.5 Å². The van der Waals surface area contributed by atoms with Crippen LogP contribution in [0.1, 0.15) is 29.8 Å². The molecule has 3 N–H and O–H groups in total. The second-order valence-electron chi connectivity index (χ2n) is 8.28. The molecule has 8 nitrogen and oxygen atoms in total. The predicted octanol–water partition coefficient (Wildman–Crippen LogP) is 3.59. The van der Waals surface area contributed by atoms with E-state index < -0.39 is 11.7 Å². The summed E-state index contributed by atoms with van der Waals surface area (Å²) in [6.07, 6.45) is 1.39. The molecule has 1 saturated heterocycles. The molecule has 0 atom stereocenters. The second kappa shape index (κ2) is 9.54. The number of fused-ring (bicyclic) bond motifs is 1. The normalized spacial score (nSPS) is 13.8. The van der Waals surface area contributed by atoms with Gasteiger partial charge in [0.2, 0.25) is 5.91 Å². The lowest BCUT2D eigenvalue weighted by Crippen LogP contribution is -2.48. The van der Waals surface area contributed by atoms with Gasteiger partial charge in [-0.05, 0) is 37.6 Å². The maximum absolute atomic E-state index is 14.7. The molecule has 1 aliphatic rings. The van der Waals surface area contributed by atoms with E-state index in [0.717, 1.165) is 11.3 Å². The Labute approximate surface area is 197 Å². The Hall–Kier alpha value is -3.88. The van der Waals surface area contributed by atoms with E-state index >= 15 is 0 Å². The molecule has 0 spiro atoms. The van der Waals surface area contributed by atoms with Crippen molar-refractivity contribution in [3.63, 3.8) is 0 Å². The van der Waals surface area contributed by atoms with E-state index in [1.807, 2.05) is 19.1 Å². The predicted molar refractivity (Wildman–Crippen MR) is 130 cm³/mol. The Morgan fingerprint density at radius 2 is 1.91 bits per heavy atom. The monoisotopic (exact) mass is 465 g/mol. The first-order valence-corrected chi connectivity index (χ1v) is 11.2. The number of amides is 2. The zero-order chi connectivity index (χ0) is 24.4. The van der Waals surface area contributed by atoms with Gasteiger partial charge in [0.15, 0.2) is 0 Å². The standard InChI is InChI=1S/C25H28FN5O3/c1-4-34-23-13-21-17(12-22(23)31-9-7-30(8-10-31)16(3)32)24(18(14-28-21)25(27)33)29-20-6-5-15(2)11-19(20)26/h5-6,11-14H,4,7-10H2,1-3H3,(H2,27,33)(H,28,29). The van der Waals surface area contributed by atoms with E-state index in [1.54, 1.807) is 30.9 Å².